The van der Waals surface area contributed by atoms with Crippen molar-refractivity contribution >= 4 is 28.6 Å². The van der Waals surface area contributed by atoms with Gasteiger partial charge in [-0.3, -0.25) is 4.79 Å². The number of amides is 1. The minimum atomic E-state index is 0.000606. The molecule has 0 saturated heterocycles. The predicted octanol–water partition coefficient (Wildman–Crippen LogP) is 4.63. The number of benzene rings is 2. The van der Waals surface area contributed by atoms with E-state index in [1.54, 1.807) is 14.2 Å². The fourth-order valence-electron chi connectivity index (χ4n) is 3.46. The van der Waals surface area contributed by atoms with E-state index in [0.717, 1.165) is 28.1 Å². The third kappa shape index (κ3) is 5.25. The molecule has 0 bridgehead atoms. The van der Waals surface area contributed by atoms with Crippen LogP contribution in [-0.2, 0) is 11.2 Å². The summed E-state index contributed by atoms with van der Waals surface area (Å²) < 4.78 is 10.6. The predicted molar refractivity (Wildman–Crippen MR) is 123 cm³/mol. The lowest BCUT2D eigenvalue weighted by Crippen LogP contribution is -2.27. The molecule has 158 valence electrons. The normalized spacial score (nSPS) is 10.8. The number of aromatic nitrogens is 1. The van der Waals surface area contributed by atoms with Gasteiger partial charge in [0.2, 0.25) is 5.91 Å². The van der Waals surface area contributed by atoms with Crippen LogP contribution >= 0.6 is 11.8 Å². The maximum atomic E-state index is 12.3. The summed E-state index contributed by atoms with van der Waals surface area (Å²) in [7, 11) is 3.23. The zero-order valence-corrected chi connectivity index (χ0v) is 19.0. The Balaban J connectivity index is 1.55. The molecule has 0 atom stereocenters. The van der Waals surface area contributed by atoms with Gasteiger partial charge in [-0.15, -0.1) is 0 Å². The highest BCUT2D eigenvalue weighted by atomic mass is 32.2. The molecule has 6 heteroatoms. The van der Waals surface area contributed by atoms with E-state index in [4.69, 9.17) is 14.5 Å². The summed E-state index contributed by atoms with van der Waals surface area (Å²) in [6.45, 7) is 6.84. The van der Waals surface area contributed by atoms with Gasteiger partial charge in [-0.1, -0.05) is 29.5 Å². The number of ether oxygens (including phenoxy) is 2. The number of hydrogen-bond donors (Lipinski definition) is 1. The van der Waals surface area contributed by atoms with E-state index >= 15 is 0 Å². The number of pyridine rings is 1. The number of rotatable bonds is 8. The third-order valence-corrected chi connectivity index (χ3v) is 5.88. The first-order valence-corrected chi connectivity index (χ1v) is 10.9. The zero-order valence-electron chi connectivity index (χ0n) is 18.2. The number of carbonyl (C=O) groups is 1. The highest BCUT2D eigenvalue weighted by Gasteiger charge is 2.10. The molecule has 1 aromatic heterocycles. The molecular formula is C24H28N2O3S. The van der Waals surface area contributed by atoms with Gasteiger partial charge in [0.05, 0.1) is 30.5 Å². The third-order valence-electron chi connectivity index (χ3n) is 4.97. The van der Waals surface area contributed by atoms with E-state index in [2.05, 4.69) is 44.3 Å². The largest absolute Gasteiger partial charge is 0.493 e. The fourth-order valence-corrected chi connectivity index (χ4v) is 4.26. The minimum Gasteiger partial charge on any atom is -0.493 e. The molecule has 2 aromatic carbocycles. The molecule has 1 heterocycles. The van der Waals surface area contributed by atoms with Gasteiger partial charge in [-0.2, -0.15) is 0 Å². The van der Waals surface area contributed by atoms with Crippen molar-refractivity contribution in [1.82, 2.24) is 10.3 Å². The summed E-state index contributed by atoms with van der Waals surface area (Å²) in [6, 6.07) is 12.2. The van der Waals surface area contributed by atoms with Crippen molar-refractivity contribution in [3.05, 3.63) is 58.7 Å². The van der Waals surface area contributed by atoms with E-state index in [9.17, 15) is 4.79 Å². The van der Waals surface area contributed by atoms with E-state index in [1.807, 2.05) is 18.2 Å². The summed E-state index contributed by atoms with van der Waals surface area (Å²) in [5.41, 5.74) is 5.67. The topological polar surface area (TPSA) is 60.5 Å². The fraction of sp³-hybridized carbons (Fsp3) is 0.333. The Morgan fingerprint density at radius 1 is 1.00 bits per heavy atom. The van der Waals surface area contributed by atoms with Gasteiger partial charge < -0.3 is 14.8 Å². The van der Waals surface area contributed by atoms with Crippen molar-refractivity contribution in [2.75, 3.05) is 26.5 Å². The molecule has 0 spiro atoms. The number of nitrogens with zero attached hydrogens (tertiary/aromatic N) is 1. The summed E-state index contributed by atoms with van der Waals surface area (Å²) in [5, 5.41) is 5.03. The van der Waals surface area contributed by atoms with Gasteiger partial charge in [0.25, 0.3) is 0 Å². The molecule has 0 fully saturated rings. The smallest absolute Gasteiger partial charge is 0.230 e. The number of carbonyl (C=O) groups excluding carboxylic acids is 1. The molecule has 0 aliphatic heterocycles. The number of hydrogen-bond acceptors (Lipinski definition) is 5. The molecule has 1 N–H and O–H groups in total. The Hall–Kier alpha value is -2.73. The lowest BCUT2D eigenvalue weighted by molar-refractivity contribution is -0.118. The van der Waals surface area contributed by atoms with Gasteiger partial charge in [-0.25, -0.2) is 4.98 Å². The van der Waals surface area contributed by atoms with E-state index < -0.39 is 0 Å². The molecule has 0 aliphatic carbocycles. The summed E-state index contributed by atoms with van der Waals surface area (Å²) in [4.78, 5) is 17.1. The maximum absolute atomic E-state index is 12.3. The van der Waals surface area contributed by atoms with Crippen LogP contribution in [0.2, 0.25) is 0 Å². The second-order valence-corrected chi connectivity index (χ2v) is 8.33. The van der Waals surface area contributed by atoms with Crippen molar-refractivity contribution in [2.24, 2.45) is 0 Å². The van der Waals surface area contributed by atoms with Gasteiger partial charge in [0.15, 0.2) is 11.5 Å². The first-order valence-electron chi connectivity index (χ1n) is 9.90. The van der Waals surface area contributed by atoms with Crippen molar-refractivity contribution < 1.29 is 14.3 Å². The van der Waals surface area contributed by atoms with Crippen LogP contribution in [0.4, 0.5) is 0 Å². The second-order valence-electron chi connectivity index (χ2n) is 7.33. The number of nitrogens with one attached hydrogen (secondary N) is 1. The van der Waals surface area contributed by atoms with Gasteiger partial charge in [-0.05, 0) is 68.1 Å². The van der Waals surface area contributed by atoms with E-state index in [-0.39, 0.29) is 5.91 Å². The number of methoxy groups -OCH3 is 2. The minimum absolute atomic E-state index is 0.000606. The van der Waals surface area contributed by atoms with Crippen molar-refractivity contribution in [1.29, 1.82) is 0 Å². The first kappa shape index (κ1) is 22.0. The van der Waals surface area contributed by atoms with Crippen LogP contribution in [0, 0.1) is 20.8 Å². The van der Waals surface area contributed by atoms with Crippen LogP contribution in [0.15, 0.2) is 41.4 Å². The average molecular weight is 425 g/mol. The molecule has 3 aromatic rings. The van der Waals surface area contributed by atoms with Crippen LogP contribution in [0.5, 0.6) is 11.5 Å². The Kier molecular flexibility index (Phi) is 7.21. The Bertz CT molecular complexity index is 1070. The number of fused-ring (bicyclic) bond motifs is 1. The van der Waals surface area contributed by atoms with Crippen LogP contribution in [0.3, 0.4) is 0 Å². The molecule has 0 unspecified atom stereocenters. The summed E-state index contributed by atoms with van der Waals surface area (Å²) in [5.74, 6) is 1.74. The highest BCUT2D eigenvalue weighted by Crippen LogP contribution is 2.28. The number of aryl methyl sites for hydroxylation is 3. The van der Waals surface area contributed by atoms with Crippen LogP contribution in [-0.4, -0.2) is 37.4 Å². The number of thioether (sulfide) groups is 1. The maximum Gasteiger partial charge on any atom is 0.230 e. The lowest BCUT2D eigenvalue weighted by Gasteiger charge is -2.11. The average Bonchev–Trinajstić information content (AvgIpc) is 2.73. The van der Waals surface area contributed by atoms with Crippen LogP contribution < -0.4 is 14.8 Å². The molecular weight excluding hydrogens is 396 g/mol. The molecule has 30 heavy (non-hydrogen) atoms. The Labute approximate surface area is 182 Å². The molecule has 0 saturated carbocycles. The monoisotopic (exact) mass is 424 g/mol. The molecule has 0 aliphatic rings. The van der Waals surface area contributed by atoms with Crippen LogP contribution in [0.25, 0.3) is 10.9 Å². The van der Waals surface area contributed by atoms with E-state index in [1.165, 1.54) is 28.3 Å². The Morgan fingerprint density at radius 2 is 1.77 bits per heavy atom. The lowest BCUT2D eigenvalue weighted by atomic mass is 10.0. The SMILES string of the molecule is COc1ccc(CCNC(=O)CSc2cc(C)c3cc(C)cc(C)c3n2)cc1OC. The van der Waals surface area contributed by atoms with Crippen molar-refractivity contribution in [3.8, 4) is 11.5 Å². The quantitative estimate of drug-likeness (QED) is 0.534. The molecule has 3 rings (SSSR count). The summed E-state index contributed by atoms with van der Waals surface area (Å²) in [6.07, 6.45) is 0.725. The molecule has 0 radical (unpaired) electrons. The van der Waals surface area contributed by atoms with Crippen molar-refractivity contribution in [3.63, 3.8) is 0 Å². The second kappa shape index (κ2) is 9.85. The van der Waals surface area contributed by atoms with Crippen LogP contribution in [0.1, 0.15) is 22.3 Å². The van der Waals surface area contributed by atoms with Gasteiger partial charge >= 0.3 is 0 Å². The summed E-state index contributed by atoms with van der Waals surface area (Å²) >= 11 is 1.47. The highest BCUT2D eigenvalue weighted by molar-refractivity contribution is 7.99. The molecule has 5 nitrogen and oxygen atoms in total. The van der Waals surface area contributed by atoms with E-state index in [0.29, 0.717) is 23.8 Å². The zero-order chi connectivity index (χ0) is 21.7. The molecule has 1 amide bonds. The van der Waals surface area contributed by atoms with Crippen molar-refractivity contribution in [2.45, 2.75) is 32.2 Å². The Morgan fingerprint density at radius 3 is 2.50 bits per heavy atom. The van der Waals surface area contributed by atoms with Gasteiger partial charge in [0, 0.05) is 11.9 Å². The van der Waals surface area contributed by atoms with Gasteiger partial charge in [0.1, 0.15) is 0 Å². The first-order chi connectivity index (χ1) is 14.4. The standard InChI is InChI=1S/C24H28N2O3S/c1-15-10-17(3)24-19(11-15)16(2)12-23(26-24)30-14-22(27)25-9-8-18-6-7-20(28-4)21(13-18)29-5/h6-7,10-13H,8-9,14H2,1-5H3,(H,25,27).